The number of carbonyl (C=O) groups is 1. The number of carboxylic acid groups (broad SMARTS) is 1. The van der Waals surface area contributed by atoms with Crippen molar-refractivity contribution in [1.29, 1.82) is 0 Å². The third kappa shape index (κ3) is 3.06. The van der Waals surface area contributed by atoms with Gasteiger partial charge in [0, 0.05) is 15.6 Å². The standard InChI is InChI=1S/C17H15Cl2NO2/c18-12-5-7-15(19)14(9-12)11-4-6-13-10(8-11)2-1-3-16(13)20-17(21)22/h4-9,16,20H,1-3H2,(H,21,22). The van der Waals surface area contributed by atoms with Gasteiger partial charge in [-0.05, 0) is 54.2 Å². The lowest BCUT2D eigenvalue weighted by Gasteiger charge is -2.26. The zero-order chi connectivity index (χ0) is 15.7. The second kappa shape index (κ2) is 6.19. The molecule has 0 spiro atoms. The van der Waals surface area contributed by atoms with Crippen molar-refractivity contribution in [3.63, 3.8) is 0 Å². The van der Waals surface area contributed by atoms with E-state index >= 15 is 0 Å². The first-order chi connectivity index (χ1) is 10.5. The van der Waals surface area contributed by atoms with Gasteiger partial charge in [0.25, 0.3) is 0 Å². The molecule has 1 aliphatic rings. The summed E-state index contributed by atoms with van der Waals surface area (Å²) in [6.45, 7) is 0. The highest BCUT2D eigenvalue weighted by atomic mass is 35.5. The third-order valence-corrected chi connectivity index (χ3v) is 4.56. The summed E-state index contributed by atoms with van der Waals surface area (Å²) in [6, 6.07) is 11.3. The molecule has 2 N–H and O–H groups in total. The lowest BCUT2D eigenvalue weighted by molar-refractivity contribution is 0.188. The van der Waals surface area contributed by atoms with Gasteiger partial charge in [-0.25, -0.2) is 4.79 Å². The third-order valence-electron chi connectivity index (χ3n) is 3.99. The van der Waals surface area contributed by atoms with Crippen LogP contribution in [0, 0.1) is 0 Å². The minimum absolute atomic E-state index is 0.134. The molecular formula is C17H15Cl2NO2. The summed E-state index contributed by atoms with van der Waals surface area (Å²) in [6.07, 6.45) is 1.75. The van der Waals surface area contributed by atoms with Gasteiger partial charge in [-0.2, -0.15) is 0 Å². The van der Waals surface area contributed by atoms with Gasteiger partial charge in [0.15, 0.2) is 0 Å². The summed E-state index contributed by atoms with van der Waals surface area (Å²) < 4.78 is 0. The first kappa shape index (κ1) is 15.2. The molecule has 0 fully saturated rings. The van der Waals surface area contributed by atoms with Gasteiger partial charge in [-0.1, -0.05) is 41.4 Å². The first-order valence-corrected chi connectivity index (χ1v) is 7.88. The van der Waals surface area contributed by atoms with Crippen LogP contribution in [0.4, 0.5) is 4.79 Å². The van der Waals surface area contributed by atoms with E-state index in [9.17, 15) is 4.79 Å². The molecule has 3 nitrogen and oxygen atoms in total. The van der Waals surface area contributed by atoms with E-state index in [4.69, 9.17) is 28.3 Å². The van der Waals surface area contributed by atoms with E-state index in [1.807, 2.05) is 18.2 Å². The van der Waals surface area contributed by atoms with E-state index in [-0.39, 0.29) is 6.04 Å². The van der Waals surface area contributed by atoms with Crippen molar-refractivity contribution in [2.75, 3.05) is 0 Å². The predicted octanol–water partition coefficient (Wildman–Crippen LogP) is 5.31. The molecule has 1 amide bonds. The Labute approximate surface area is 138 Å². The summed E-state index contributed by atoms with van der Waals surface area (Å²) in [7, 11) is 0. The molecule has 0 aliphatic heterocycles. The second-order valence-electron chi connectivity index (χ2n) is 5.43. The highest BCUT2D eigenvalue weighted by Gasteiger charge is 2.22. The lowest BCUT2D eigenvalue weighted by Crippen LogP contribution is -2.29. The molecule has 0 heterocycles. The van der Waals surface area contributed by atoms with Gasteiger partial charge in [0.05, 0.1) is 6.04 Å². The van der Waals surface area contributed by atoms with Crippen molar-refractivity contribution in [3.05, 3.63) is 57.6 Å². The molecule has 0 radical (unpaired) electrons. The Balaban J connectivity index is 2.00. The molecule has 0 saturated heterocycles. The summed E-state index contributed by atoms with van der Waals surface area (Å²) in [5, 5.41) is 12.8. The summed E-state index contributed by atoms with van der Waals surface area (Å²) in [5.41, 5.74) is 4.11. The van der Waals surface area contributed by atoms with Gasteiger partial charge in [0.2, 0.25) is 0 Å². The van der Waals surface area contributed by atoms with Gasteiger partial charge >= 0.3 is 6.09 Å². The molecular weight excluding hydrogens is 321 g/mol. The summed E-state index contributed by atoms with van der Waals surface area (Å²) >= 11 is 12.3. The number of benzene rings is 2. The number of hydrogen-bond donors (Lipinski definition) is 2. The van der Waals surface area contributed by atoms with Crippen LogP contribution in [0.1, 0.15) is 30.0 Å². The van der Waals surface area contributed by atoms with Crippen molar-refractivity contribution in [2.45, 2.75) is 25.3 Å². The van der Waals surface area contributed by atoms with Gasteiger partial charge in [-0.3, -0.25) is 0 Å². The summed E-state index contributed by atoms with van der Waals surface area (Å²) in [4.78, 5) is 10.9. The SMILES string of the molecule is O=C(O)NC1CCCc2cc(-c3cc(Cl)ccc3Cl)ccc21. The highest BCUT2D eigenvalue weighted by Crippen LogP contribution is 2.36. The van der Waals surface area contributed by atoms with E-state index in [0.29, 0.717) is 10.0 Å². The van der Waals surface area contributed by atoms with Crippen molar-refractivity contribution < 1.29 is 9.90 Å². The van der Waals surface area contributed by atoms with Crippen LogP contribution in [-0.4, -0.2) is 11.2 Å². The Morgan fingerprint density at radius 2 is 2.00 bits per heavy atom. The van der Waals surface area contributed by atoms with Crippen LogP contribution in [0.2, 0.25) is 10.0 Å². The lowest BCUT2D eigenvalue weighted by atomic mass is 9.86. The number of amides is 1. The minimum atomic E-state index is -0.986. The Kier molecular flexibility index (Phi) is 4.27. The molecule has 0 saturated carbocycles. The number of fused-ring (bicyclic) bond motifs is 1. The average molecular weight is 336 g/mol. The Hall–Kier alpha value is -1.71. The van der Waals surface area contributed by atoms with Crippen LogP contribution in [0.3, 0.4) is 0 Å². The largest absolute Gasteiger partial charge is 0.465 e. The fraction of sp³-hybridized carbons (Fsp3) is 0.235. The Morgan fingerprint density at radius 1 is 1.18 bits per heavy atom. The minimum Gasteiger partial charge on any atom is -0.465 e. The fourth-order valence-corrected chi connectivity index (χ4v) is 3.40. The van der Waals surface area contributed by atoms with Gasteiger partial charge < -0.3 is 10.4 Å². The van der Waals surface area contributed by atoms with Crippen molar-refractivity contribution in [1.82, 2.24) is 5.32 Å². The van der Waals surface area contributed by atoms with Crippen LogP contribution in [0.5, 0.6) is 0 Å². The quantitative estimate of drug-likeness (QED) is 0.781. The van der Waals surface area contributed by atoms with E-state index in [0.717, 1.165) is 36.0 Å². The van der Waals surface area contributed by atoms with Crippen molar-refractivity contribution >= 4 is 29.3 Å². The number of hydrogen-bond acceptors (Lipinski definition) is 1. The Bertz CT molecular complexity index is 731. The molecule has 22 heavy (non-hydrogen) atoms. The van der Waals surface area contributed by atoms with Crippen LogP contribution >= 0.6 is 23.2 Å². The maximum absolute atomic E-state index is 10.9. The van der Waals surface area contributed by atoms with Gasteiger partial charge in [-0.15, -0.1) is 0 Å². The van der Waals surface area contributed by atoms with E-state index in [1.165, 1.54) is 5.56 Å². The first-order valence-electron chi connectivity index (χ1n) is 7.12. The summed E-state index contributed by atoms with van der Waals surface area (Å²) in [5.74, 6) is 0. The topological polar surface area (TPSA) is 49.3 Å². The molecule has 1 unspecified atom stereocenters. The normalized spacial score (nSPS) is 16.9. The molecule has 1 aliphatic carbocycles. The number of aryl methyl sites for hydroxylation is 1. The molecule has 1 atom stereocenters. The second-order valence-corrected chi connectivity index (χ2v) is 6.28. The van der Waals surface area contributed by atoms with Crippen molar-refractivity contribution in [2.24, 2.45) is 0 Å². The molecule has 2 aromatic rings. The van der Waals surface area contributed by atoms with E-state index in [1.54, 1.807) is 12.1 Å². The maximum atomic E-state index is 10.9. The van der Waals surface area contributed by atoms with E-state index in [2.05, 4.69) is 11.4 Å². The molecule has 3 rings (SSSR count). The highest BCUT2D eigenvalue weighted by molar-refractivity contribution is 6.35. The van der Waals surface area contributed by atoms with Crippen LogP contribution in [0.15, 0.2) is 36.4 Å². The fourth-order valence-electron chi connectivity index (χ4n) is 3.00. The zero-order valence-corrected chi connectivity index (χ0v) is 13.3. The average Bonchev–Trinajstić information content (AvgIpc) is 2.49. The number of nitrogens with one attached hydrogen (secondary N) is 1. The van der Waals surface area contributed by atoms with Gasteiger partial charge in [0.1, 0.15) is 0 Å². The van der Waals surface area contributed by atoms with Crippen LogP contribution in [0.25, 0.3) is 11.1 Å². The van der Waals surface area contributed by atoms with E-state index < -0.39 is 6.09 Å². The predicted molar refractivity (Wildman–Crippen MR) is 88.7 cm³/mol. The smallest absolute Gasteiger partial charge is 0.405 e. The molecule has 2 aromatic carbocycles. The molecule has 0 bridgehead atoms. The zero-order valence-electron chi connectivity index (χ0n) is 11.8. The monoisotopic (exact) mass is 335 g/mol. The molecule has 114 valence electrons. The molecule has 5 heteroatoms. The number of rotatable bonds is 2. The Morgan fingerprint density at radius 3 is 2.77 bits per heavy atom. The van der Waals surface area contributed by atoms with Crippen LogP contribution < -0.4 is 5.32 Å². The van der Waals surface area contributed by atoms with Crippen molar-refractivity contribution in [3.8, 4) is 11.1 Å². The van der Waals surface area contributed by atoms with Crippen LogP contribution in [-0.2, 0) is 6.42 Å². The maximum Gasteiger partial charge on any atom is 0.405 e. The number of halogens is 2. The molecule has 0 aromatic heterocycles.